The average molecular weight is 2170 g/mol. The molecule has 0 atom stereocenters. The fourth-order valence-electron chi connectivity index (χ4n) is 14.6. The molecule has 0 saturated heterocycles. The molecule has 0 amide bonds. The van der Waals surface area contributed by atoms with Crippen molar-refractivity contribution in [2.24, 2.45) is 0 Å². The molecule has 609 valence electrons. The summed E-state index contributed by atoms with van der Waals surface area (Å²) >= 11 is 5.46. The van der Waals surface area contributed by atoms with Crippen molar-refractivity contribution in [3.05, 3.63) is 435 Å². The molecule has 123 heavy (non-hydrogen) atoms. The zero-order valence-corrected chi connectivity index (χ0v) is 78.3. The summed E-state index contributed by atoms with van der Waals surface area (Å²) < 4.78 is 7.81. The molecule has 0 spiro atoms. The van der Waals surface area contributed by atoms with Crippen LogP contribution in [0.3, 0.4) is 0 Å². The van der Waals surface area contributed by atoms with Gasteiger partial charge in [-0.1, -0.05) is 236 Å². The molecule has 0 bridgehead atoms. The molecule has 12 aromatic carbocycles. The van der Waals surface area contributed by atoms with Crippen LogP contribution >= 0.6 is 34.0 Å². The quantitative estimate of drug-likeness (QED) is 0.113. The van der Waals surface area contributed by atoms with Gasteiger partial charge in [0.25, 0.3) is 0 Å². The monoisotopic (exact) mass is 2180 g/mol. The Morgan fingerprint density at radius 1 is 0.252 bits per heavy atom. The average Bonchev–Trinajstić information content (AvgIpc) is 1.62. The molecule has 12 heteroatoms. The molecule has 0 saturated carbocycles. The van der Waals surface area contributed by atoms with Crippen LogP contribution in [-0.4, -0.2) is 29.9 Å². The minimum absolute atomic E-state index is 0. The van der Waals surface area contributed by atoms with Gasteiger partial charge in [-0.25, -0.2) is 0 Å². The van der Waals surface area contributed by atoms with Gasteiger partial charge in [-0.2, -0.15) is 34.0 Å². The third-order valence-electron chi connectivity index (χ3n) is 20.8. The SMILES string of the molecule is CCc1cc(-c2[c-]cccc2)ncc1-c1ccccc1.CCc1cc(-c2[c-]cccc2)ncc1-c1ccccc1.CCc1cc(-c2[c-]cccc2)ncc1-c1ccccc1.Cc1ccc(-c2[c-]ccc3c2sc2ccccc23)nc1.Cc1ccnc(-c2[c-]cc3c(c2)sc2ccccc23)c1.Cc1ccnc(-c2[c-]cc3sc4ccccc4c3c2)c1.[Ir].[Ir].[Ir]. The molecule has 0 aliphatic rings. The van der Waals surface area contributed by atoms with Crippen LogP contribution in [0, 0.1) is 57.2 Å². The van der Waals surface area contributed by atoms with E-state index in [1.807, 2.05) is 180 Å². The van der Waals surface area contributed by atoms with Crippen LogP contribution in [0.2, 0.25) is 0 Å². The van der Waals surface area contributed by atoms with Gasteiger partial charge >= 0.3 is 0 Å². The maximum Gasteiger partial charge on any atom is 0.0246 e. The third kappa shape index (κ3) is 21.6. The van der Waals surface area contributed by atoms with Gasteiger partial charge in [0.15, 0.2) is 0 Å². The van der Waals surface area contributed by atoms with Crippen molar-refractivity contribution in [2.45, 2.75) is 60.8 Å². The summed E-state index contributed by atoms with van der Waals surface area (Å²) in [6.07, 6.45) is 14.5. The number of aryl methyl sites for hydroxylation is 6. The molecule has 0 unspecified atom stereocenters. The second-order valence-electron chi connectivity index (χ2n) is 29.0. The van der Waals surface area contributed by atoms with Crippen molar-refractivity contribution in [1.82, 2.24) is 29.9 Å². The van der Waals surface area contributed by atoms with Crippen LogP contribution in [0.4, 0.5) is 0 Å². The first-order chi connectivity index (χ1) is 59.1. The Bertz CT molecular complexity index is 6700. The maximum atomic E-state index is 4.60. The molecule has 0 N–H and O–H groups in total. The molecule has 6 nitrogen and oxygen atoms in total. The van der Waals surface area contributed by atoms with Crippen LogP contribution < -0.4 is 0 Å². The largest absolute Gasteiger partial charge is 0.305 e. The molecule has 0 aliphatic heterocycles. The van der Waals surface area contributed by atoms with Gasteiger partial charge in [-0.05, 0) is 174 Å². The summed E-state index contributed by atoms with van der Waals surface area (Å²) in [6, 6.07) is 132. The van der Waals surface area contributed by atoms with Crippen molar-refractivity contribution >= 4 is 94.5 Å². The van der Waals surface area contributed by atoms with Gasteiger partial charge in [-0.3, -0.25) is 0 Å². The van der Waals surface area contributed by atoms with E-state index in [0.717, 1.165) is 86.8 Å². The van der Waals surface area contributed by atoms with E-state index < -0.39 is 0 Å². The first kappa shape index (κ1) is 88.9. The molecular weight excluding hydrogens is 2090 g/mol. The first-order valence-corrected chi connectivity index (χ1v) is 42.9. The number of benzene rings is 12. The predicted molar refractivity (Wildman–Crippen MR) is 508 cm³/mol. The normalized spacial score (nSPS) is 10.6. The second-order valence-corrected chi connectivity index (χ2v) is 32.2. The summed E-state index contributed by atoms with van der Waals surface area (Å²) in [7, 11) is 0. The van der Waals surface area contributed by atoms with E-state index in [0.29, 0.717) is 0 Å². The van der Waals surface area contributed by atoms with Gasteiger partial charge < -0.3 is 29.9 Å². The standard InChI is InChI=1S/3C19H16N.3C18H12NS.3Ir/c3*1-2-15-13-19(17-11-7-4-8-12-17)20-14-18(15)16-9-5-3-6-10-16;1-12-9-10-16(19-11-12)15-7-4-6-14-13-5-2-3-8-17(13)20-18(14)15;1-12-8-9-19-16(10-12)13-6-7-18-15(11-13)14-4-2-3-5-17(14)20-18;1-12-8-9-19-16(10-12)13-6-7-15-14-4-2-3-5-17(14)20-18(15)11-13;;;/h3*3-11,13-14H,2H2,1H3;2-6,8-11H,1H3;2*2-5,7-11H,1H3;;;/q6*-1;;;. The number of pyridine rings is 6. The fraction of sp³-hybridized carbons (Fsp3) is 0.0811. The third-order valence-corrected chi connectivity index (χ3v) is 24.3. The minimum atomic E-state index is 0. The molecule has 21 rings (SSSR count). The summed E-state index contributed by atoms with van der Waals surface area (Å²) in [5, 5.41) is 7.81. The number of aromatic nitrogens is 6. The van der Waals surface area contributed by atoms with E-state index in [1.54, 1.807) is 0 Å². The Labute approximate surface area is 773 Å². The number of nitrogens with zero attached hydrogens (tertiary/aromatic N) is 6. The Morgan fingerprint density at radius 3 is 1.07 bits per heavy atom. The summed E-state index contributed by atoms with van der Waals surface area (Å²) in [5.74, 6) is 0. The Morgan fingerprint density at radius 2 is 0.642 bits per heavy atom. The van der Waals surface area contributed by atoms with Gasteiger partial charge in [0.2, 0.25) is 0 Å². The molecule has 9 aromatic heterocycles. The second kappa shape index (κ2) is 43.3. The van der Waals surface area contributed by atoms with Gasteiger partial charge in [0.05, 0.1) is 0 Å². The number of fused-ring (bicyclic) bond motifs is 9. The molecule has 9 heterocycles. The first-order valence-electron chi connectivity index (χ1n) is 40.4. The van der Waals surface area contributed by atoms with Crippen molar-refractivity contribution in [2.75, 3.05) is 0 Å². The van der Waals surface area contributed by atoms with E-state index in [4.69, 9.17) is 0 Å². The number of hydrogen-bond acceptors (Lipinski definition) is 9. The van der Waals surface area contributed by atoms with E-state index in [1.165, 1.54) is 127 Å². The molecule has 0 fully saturated rings. The number of thiophene rings is 3. The van der Waals surface area contributed by atoms with Crippen LogP contribution in [0.25, 0.3) is 161 Å². The zero-order valence-electron chi connectivity index (χ0n) is 68.7. The van der Waals surface area contributed by atoms with Crippen LogP contribution in [0.1, 0.15) is 54.2 Å². The van der Waals surface area contributed by atoms with Crippen molar-refractivity contribution in [1.29, 1.82) is 0 Å². The fourth-order valence-corrected chi connectivity index (χ4v) is 18.0. The molecule has 0 aliphatic carbocycles. The number of hydrogen-bond donors (Lipinski definition) is 0. The predicted octanol–water partition coefficient (Wildman–Crippen LogP) is 30.0. The van der Waals surface area contributed by atoms with E-state index in [2.05, 4.69) is 326 Å². The van der Waals surface area contributed by atoms with Crippen molar-refractivity contribution in [3.8, 4) is 101 Å². The smallest absolute Gasteiger partial charge is 0.0246 e. The Kier molecular flexibility index (Phi) is 31.3. The van der Waals surface area contributed by atoms with Gasteiger partial charge in [0, 0.05) is 128 Å². The van der Waals surface area contributed by atoms with Crippen LogP contribution in [-0.2, 0) is 79.6 Å². The summed E-state index contributed by atoms with van der Waals surface area (Å²) in [5.41, 5.74) is 27.2. The summed E-state index contributed by atoms with van der Waals surface area (Å²) in [6.45, 7) is 12.8. The van der Waals surface area contributed by atoms with Crippen molar-refractivity contribution < 1.29 is 60.3 Å². The zero-order chi connectivity index (χ0) is 81.9. The Hall–Kier alpha value is -11.9. The van der Waals surface area contributed by atoms with E-state index in [-0.39, 0.29) is 60.3 Å². The summed E-state index contributed by atoms with van der Waals surface area (Å²) in [4.78, 5) is 27.2. The topological polar surface area (TPSA) is 77.3 Å². The van der Waals surface area contributed by atoms with Crippen molar-refractivity contribution in [3.63, 3.8) is 0 Å². The number of rotatable bonds is 12. The van der Waals surface area contributed by atoms with E-state index in [9.17, 15) is 0 Å². The maximum absolute atomic E-state index is 4.60. The minimum Gasteiger partial charge on any atom is -0.305 e. The van der Waals surface area contributed by atoms with E-state index >= 15 is 0 Å². The molecular formula is C111H84Ir3N6S3-6. The van der Waals surface area contributed by atoms with Crippen LogP contribution in [0.5, 0.6) is 0 Å². The van der Waals surface area contributed by atoms with Gasteiger partial charge in [0.1, 0.15) is 0 Å². The molecule has 21 aromatic rings. The van der Waals surface area contributed by atoms with Crippen LogP contribution in [0.15, 0.2) is 365 Å². The molecule has 3 radical (unpaired) electrons. The Balaban J connectivity index is 0.000000126. The van der Waals surface area contributed by atoms with Gasteiger partial charge in [-0.15, -0.1) is 179 Å².